The van der Waals surface area contributed by atoms with Gasteiger partial charge in [-0.2, -0.15) is 5.10 Å². The van der Waals surface area contributed by atoms with Crippen LogP contribution in [0.25, 0.3) is 5.69 Å². The highest BCUT2D eigenvalue weighted by molar-refractivity contribution is 7.99. The Morgan fingerprint density at radius 1 is 1.27 bits per heavy atom. The Labute approximate surface area is 155 Å². The van der Waals surface area contributed by atoms with E-state index in [2.05, 4.69) is 25.2 Å². The molecule has 3 aromatic rings. The van der Waals surface area contributed by atoms with Crippen LogP contribution in [0.2, 0.25) is 0 Å². The molecule has 1 amide bonds. The summed E-state index contributed by atoms with van der Waals surface area (Å²) in [5, 5.41) is 16.4. The second-order valence-corrected chi connectivity index (χ2v) is 7.32. The van der Waals surface area contributed by atoms with Gasteiger partial charge in [0, 0.05) is 6.04 Å². The molecule has 0 spiro atoms. The van der Waals surface area contributed by atoms with Crippen LogP contribution in [0.15, 0.2) is 41.8 Å². The monoisotopic (exact) mass is 368 g/mol. The predicted molar refractivity (Wildman–Crippen MR) is 101 cm³/mol. The molecule has 134 valence electrons. The highest BCUT2D eigenvalue weighted by atomic mass is 32.2. The SMILES string of the molecule is Cc1nn(-c2ccccc2)c(C)c1NC(=O)CSc1nncn1C1CC1. The van der Waals surface area contributed by atoms with Gasteiger partial charge in [-0.05, 0) is 38.8 Å². The van der Waals surface area contributed by atoms with Crippen molar-refractivity contribution in [1.82, 2.24) is 24.5 Å². The van der Waals surface area contributed by atoms with Gasteiger partial charge in [-0.25, -0.2) is 4.68 Å². The van der Waals surface area contributed by atoms with E-state index in [1.807, 2.05) is 48.9 Å². The molecule has 4 rings (SSSR count). The number of thioether (sulfide) groups is 1. The Hall–Kier alpha value is -2.61. The lowest BCUT2D eigenvalue weighted by molar-refractivity contribution is -0.113. The fourth-order valence-corrected chi connectivity index (χ4v) is 3.67. The van der Waals surface area contributed by atoms with Crippen molar-refractivity contribution in [1.29, 1.82) is 0 Å². The molecule has 2 aromatic heterocycles. The molecule has 0 unspecified atom stereocenters. The van der Waals surface area contributed by atoms with Crippen LogP contribution < -0.4 is 5.32 Å². The zero-order chi connectivity index (χ0) is 18.1. The number of carbonyl (C=O) groups excluding carboxylic acids is 1. The second-order valence-electron chi connectivity index (χ2n) is 6.38. The van der Waals surface area contributed by atoms with Crippen molar-refractivity contribution >= 4 is 23.4 Å². The van der Waals surface area contributed by atoms with Crippen molar-refractivity contribution in [2.24, 2.45) is 0 Å². The first-order valence-corrected chi connectivity index (χ1v) is 9.56. The molecule has 0 bridgehead atoms. The van der Waals surface area contributed by atoms with Gasteiger partial charge in [0.05, 0.1) is 28.5 Å². The van der Waals surface area contributed by atoms with E-state index in [0.29, 0.717) is 11.8 Å². The third kappa shape index (κ3) is 3.37. The third-order valence-corrected chi connectivity index (χ3v) is 5.33. The Bertz CT molecular complexity index is 929. The van der Waals surface area contributed by atoms with Crippen molar-refractivity contribution in [2.45, 2.75) is 37.9 Å². The first kappa shape index (κ1) is 16.8. The maximum absolute atomic E-state index is 12.4. The van der Waals surface area contributed by atoms with Crippen LogP contribution in [0.5, 0.6) is 0 Å². The molecule has 8 heteroatoms. The van der Waals surface area contributed by atoms with Gasteiger partial charge in [-0.1, -0.05) is 30.0 Å². The zero-order valence-corrected chi connectivity index (χ0v) is 15.5. The molecular formula is C18H20N6OS. The lowest BCUT2D eigenvalue weighted by Crippen LogP contribution is -2.15. The molecule has 0 saturated heterocycles. The molecule has 1 aliphatic carbocycles. The number of para-hydroxylation sites is 1. The fourth-order valence-electron chi connectivity index (χ4n) is 2.89. The molecule has 0 atom stereocenters. The maximum Gasteiger partial charge on any atom is 0.234 e. The molecule has 7 nitrogen and oxygen atoms in total. The zero-order valence-electron chi connectivity index (χ0n) is 14.7. The van der Waals surface area contributed by atoms with Crippen molar-refractivity contribution in [2.75, 3.05) is 11.1 Å². The summed E-state index contributed by atoms with van der Waals surface area (Å²) in [5.74, 6) is 0.222. The smallest absolute Gasteiger partial charge is 0.234 e. The molecular weight excluding hydrogens is 348 g/mol. The lowest BCUT2D eigenvalue weighted by Gasteiger charge is -2.07. The number of anilines is 1. The van der Waals surface area contributed by atoms with Crippen molar-refractivity contribution in [3.05, 3.63) is 48.0 Å². The van der Waals surface area contributed by atoms with E-state index in [-0.39, 0.29) is 5.91 Å². The highest BCUT2D eigenvalue weighted by Crippen LogP contribution is 2.37. The first-order chi connectivity index (χ1) is 12.6. The third-order valence-electron chi connectivity index (χ3n) is 4.37. The van der Waals surface area contributed by atoms with Gasteiger partial charge in [0.25, 0.3) is 0 Å². The van der Waals surface area contributed by atoms with Crippen LogP contribution >= 0.6 is 11.8 Å². The summed E-state index contributed by atoms with van der Waals surface area (Å²) in [6.07, 6.45) is 4.07. The molecule has 1 fully saturated rings. The largest absolute Gasteiger partial charge is 0.322 e. The Morgan fingerprint density at radius 3 is 2.77 bits per heavy atom. The number of hydrogen-bond acceptors (Lipinski definition) is 5. The summed E-state index contributed by atoms with van der Waals surface area (Å²) in [4.78, 5) is 12.4. The van der Waals surface area contributed by atoms with Gasteiger partial charge >= 0.3 is 0 Å². The van der Waals surface area contributed by atoms with Crippen molar-refractivity contribution in [3.8, 4) is 5.69 Å². The van der Waals surface area contributed by atoms with Crippen LogP contribution in [0, 0.1) is 13.8 Å². The standard InChI is InChI=1S/C18H20N6OS/c1-12-17(13(2)24(22-12)15-6-4-3-5-7-15)20-16(25)10-26-18-21-19-11-23(18)14-8-9-14/h3-7,11,14H,8-10H2,1-2H3,(H,20,25). The number of nitrogens with zero attached hydrogens (tertiary/aromatic N) is 5. The summed E-state index contributed by atoms with van der Waals surface area (Å²) < 4.78 is 3.91. The molecule has 1 aliphatic rings. The maximum atomic E-state index is 12.4. The summed E-state index contributed by atoms with van der Waals surface area (Å²) in [5.41, 5.74) is 3.45. The number of aryl methyl sites for hydroxylation is 1. The van der Waals surface area contributed by atoms with Gasteiger partial charge in [-0.15, -0.1) is 10.2 Å². The number of carbonyl (C=O) groups is 1. The van der Waals surface area contributed by atoms with E-state index >= 15 is 0 Å². The number of benzene rings is 1. The normalized spacial score (nSPS) is 13.8. The fraction of sp³-hybridized carbons (Fsp3) is 0.333. The van der Waals surface area contributed by atoms with E-state index in [4.69, 9.17) is 0 Å². The minimum atomic E-state index is -0.0702. The molecule has 1 saturated carbocycles. The van der Waals surface area contributed by atoms with Crippen molar-refractivity contribution < 1.29 is 4.79 Å². The Morgan fingerprint density at radius 2 is 2.04 bits per heavy atom. The van der Waals surface area contributed by atoms with Crippen LogP contribution in [-0.2, 0) is 4.79 Å². The average Bonchev–Trinajstić information content (AvgIpc) is 3.33. The summed E-state index contributed by atoms with van der Waals surface area (Å²) >= 11 is 1.41. The average molecular weight is 368 g/mol. The van der Waals surface area contributed by atoms with Crippen LogP contribution in [0.1, 0.15) is 30.3 Å². The first-order valence-electron chi connectivity index (χ1n) is 8.57. The molecule has 26 heavy (non-hydrogen) atoms. The second kappa shape index (κ2) is 6.95. The lowest BCUT2D eigenvalue weighted by atomic mass is 10.3. The van der Waals surface area contributed by atoms with Gasteiger partial charge in [0.2, 0.25) is 5.91 Å². The van der Waals surface area contributed by atoms with Gasteiger partial charge in [0.15, 0.2) is 5.16 Å². The number of aromatic nitrogens is 5. The van der Waals surface area contributed by atoms with Crippen LogP contribution in [-0.4, -0.2) is 36.2 Å². The van der Waals surface area contributed by atoms with Gasteiger partial charge in [0.1, 0.15) is 6.33 Å². The van der Waals surface area contributed by atoms with E-state index in [9.17, 15) is 4.79 Å². The quantitative estimate of drug-likeness (QED) is 0.676. The minimum Gasteiger partial charge on any atom is -0.322 e. The number of rotatable bonds is 6. The molecule has 0 aliphatic heterocycles. The van der Waals surface area contributed by atoms with E-state index < -0.39 is 0 Å². The number of nitrogens with one attached hydrogen (secondary N) is 1. The van der Waals surface area contributed by atoms with E-state index in [1.54, 1.807) is 6.33 Å². The van der Waals surface area contributed by atoms with Crippen LogP contribution in [0.3, 0.4) is 0 Å². The van der Waals surface area contributed by atoms with E-state index in [0.717, 1.165) is 40.8 Å². The topological polar surface area (TPSA) is 77.6 Å². The highest BCUT2D eigenvalue weighted by Gasteiger charge is 2.26. The molecule has 1 aromatic carbocycles. The Kier molecular flexibility index (Phi) is 4.50. The van der Waals surface area contributed by atoms with Crippen molar-refractivity contribution in [3.63, 3.8) is 0 Å². The number of amides is 1. The molecule has 2 heterocycles. The summed E-state index contributed by atoms with van der Waals surface area (Å²) in [7, 11) is 0. The molecule has 1 N–H and O–H groups in total. The van der Waals surface area contributed by atoms with Gasteiger partial charge in [-0.3, -0.25) is 4.79 Å². The summed E-state index contributed by atoms with van der Waals surface area (Å²) in [6.45, 7) is 3.86. The van der Waals surface area contributed by atoms with Gasteiger partial charge < -0.3 is 9.88 Å². The predicted octanol–water partition coefficient (Wildman–Crippen LogP) is 3.15. The Balaban J connectivity index is 1.44. The molecule has 0 radical (unpaired) electrons. The number of hydrogen-bond donors (Lipinski definition) is 1. The minimum absolute atomic E-state index is 0.0702. The summed E-state index contributed by atoms with van der Waals surface area (Å²) in [6, 6.07) is 10.4. The van der Waals surface area contributed by atoms with Crippen LogP contribution in [0.4, 0.5) is 5.69 Å². The van der Waals surface area contributed by atoms with E-state index in [1.165, 1.54) is 11.8 Å².